The van der Waals surface area contributed by atoms with E-state index >= 15 is 0 Å². The van der Waals surface area contributed by atoms with Crippen LogP contribution < -0.4 is 14.4 Å². The van der Waals surface area contributed by atoms with E-state index < -0.39 is 28.5 Å². The number of carbonyl (C=O) groups is 2. The highest BCUT2D eigenvalue weighted by molar-refractivity contribution is 7.92. The van der Waals surface area contributed by atoms with Crippen LogP contribution in [0.1, 0.15) is 43.7 Å². The van der Waals surface area contributed by atoms with E-state index in [-0.39, 0.29) is 18.5 Å². The molecule has 1 fully saturated rings. The van der Waals surface area contributed by atoms with Gasteiger partial charge in [0, 0.05) is 12.6 Å². The van der Waals surface area contributed by atoms with Crippen LogP contribution in [0.5, 0.6) is 5.75 Å². The van der Waals surface area contributed by atoms with Crippen LogP contribution in [0.15, 0.2) is 72.8 Å². The van der Waals surface area contributed by atoms with Gasteiger partial charge < -0.3 is 15.0 Å². The molecule has 0 radical (unpaired) electrons. The Bertz CT molecular complexity index is 1480. The van der Waals surface area contributed by atoms with E-state index in [2.05, 4.69) is 5.32 Å². The van der Waals surface area contributed by atoms with Crippen LogP contribution in [0.2, 0.25) is 10.0 Å². The second kappa shape index (κ2) is 14.3. The van der Waals surface area contributed by atoms with Crippen LogP contribution in [0.25, 0.3) is 0 Å². The lowest BCUT2D eigenvalue weighted by Crippen LogP contribution is -2.52. The number of benzene rings is 3. The van der Waals surface area contributed by atoms with Crippen LogP contribution in [-0.2, 0) is 32.8 Å². The largest absolute Gasteiger partial charge is 0.489 e. The van der Waals surface area contributed by atoms with Crippen molar-refractivity contribution >= 4 is 50.7 Å². The minimum Gasteiger partial charge on any atom is -0.489 e. The summed E-state index contributed by atoms with van der Waals surface area (Å²) in [6.07, 6.45) is 4.92. The highest BCUT2D eigenvalue weighted by atomic mass is 35.5. The lowest BCUT2D eigenvalue weighted by Gasteiger charge is -2.32. The molecule has 11 heteroatoms. The first-order valence-electron chi connectivity index (χ1n) is 13.8. The molecule has 1 N–H and O–H groups in total. The molecular weight excluding hydrogens is 597 g/mol. The molecule has 0 unspecified atom stereocenters. The predicted octanol–water partition coefficient (Wildman–Crippen LogP) is 5.81. The molecule has 3 aromatic rings. The standard InChI is InChI=1S/C31H35Cl2N3O5S/c1-22(31(38)34-25-10-6-7-11-25)35(19-24-12-17-28(32)29(33)18-24)30(37)20-36(42(2,39)40)26-13-15-27(16-14-26)41-21-23-8-4-3-5-9-23/h3-5,8-9,12-18,22,25H,6-7,10-11,19-21H2,1-2H3,(H,34,38)/t22-/m1/s1. The summed E-state index contributed by atoms with van der Waals surface area (Å²) in [4.78, 5) is 28.4. The first kappa shape index (κ1) is 31.7. The van der Waals surface area contributed by atoms with Crippen molar-refractivity contribution in [2.75, 3.05) is 17.1 Å². The van der Waals surface area contributed by atoms with E-state index in [1.54, 1.807) is 49.4 Å². The van der Waals surface area contributed by atoms with Crippen molar-refractivity contribution in [1.82, 2.24) is 10.2 Å². The Morgan fingerprint density at radius 2 is 1.62 bits per heavy atom. The summed E-state index contributed by atoms with van der Waals surface area (Å²) < 4.78 is 32.6. The number of nitrogens with zero attached hydrogens (tertiary/aromatic N) is 2. The number of amides is 2. The average Bonchev–Trinajstić information content (AvgIpc) is 3.48. The minimum absolute atomic E-state index is 0.0405. The Labute approximate surface area is 257 Å². The zero-order valence-electron chi connectivity index (χ0n) is 23.6. The molecule has 42 heavy (non-hydrogen) atoms. The molecule has 3 aromatic carbocycles. The first-order valence-corrected chi connectivity index (χ1v) is 16.4. The van der Waals surface area contributed by atoms with Crippen LogP contribution >= 0.6 is 23.2 Å². The van der Waals surface area contributed by atoms with Gasteiger partial charge in [-0.05, 0) is 67.3 Å². The third kappa shape index (κ3) is 8.63. The summed E-state index contributed by atoms with van der Waals surface area (Å²) in [7, 11) is -3.86. The van der Waals surface area contributed by atoms with Gasteiger partial charge in [-0.25, -0.2) is 8.42 Å². The van der Waals surface area contributed by atoms with Crippen molar-refractivity contribution in [3.05, 3.63) is 94.0 Å². The smallest absolute Gasteiger partial charge is 0.244 e. The first-order chi connectivity index (χ1) is 20.0. The van der Waals surface area contributed by atoms with E-state index in [1.807, 2.05) is 30.3 Å². The van der Waals surface area contributed by atoms with Crippen molar-refractivity contribution in [3.8, 4) is 5.75 Å². The zero-order valence-corrected chi connectivity index (χ0v) is 26.0. The highest BCUT2D eigenvalue weighted by Gasteiger charge is 2.31. The highest BCUT2D eigenvalue weighted by Crippen LogP contribution is 2.26. The fourth-order valence-electron chi connectivity index (χ4n) is 4.87. The number of hydrogen-bond acceptors (Lipinski definition) is 5. The summed E-state index contributed by atoms with van der Waals surface area (Å²) in [6.45, 7) is 1.55. The SMILES string of the molecule is C[C@H](C(=O)NC1CCCC1)N(Cc1ccc(Cl)c(Cl)c1)C(=O)CN(c1ccc(OCc2ccccc2)cc1)S(C)(=O)=O. The molecular formula is C31H35Cl2N3O5S. The predicted molar refractivity (Wildman–Crippen MR) is 166 cm³/mol. The van der Waals surface area contributed by atoms with Gasteiger partial charge in [0.1, 0.15) is 24.9 Å². The topological polar surface area (TPSA) is 96.0 Å². The minimum atomic E-state index is -3.86. The maximum atomic E-state index is 13.8. The lowest BCUT2D eigenvalue weighted by molar-refractivity contribution is -0.139. The van der Waals surface area contributed by atoms with E-state index in [4.69, 9.17) is 27.9 Å². The number of ether oxygens (including phenoxy) is 1. The quantitative estimate of drug-likeness (QED) is 0.272. The second-order valence-electron chi connectivity index (χ2n) is 10.5. The normalized spacial score (nSPS) is 14.3. The third-order valence-corrected chi connectivity index (χ3v) is 9.14. The molecule has 0 aliphatic heterocycles. The summed E-state index contributed by atoms with van der Waals surface area (Å²) >= 11 is 12.3. The molecule has 1 atom stereocenters. The fraction of sp³-hybridized carbons (Fsp3) is 0.355. The molecule has 4 rings (SSSR count). The van der Waals surface area contributed by atoms with Gasteiger partial charge in [0.25, 0.3) is 0 Å². The van der Waals surface area contributed by atoms with Gasteiger partial charge >= 0.3 is 0 Å². The van der Waals surface area contributed by atoms with E-state index in [9.17, 15) is 18.0 Å². The van der Waals surface area contributed by atoms with E-state index in [0.29, 0.717) is 33.7 Å². The van der Waals surface area contributed by atoms with Crippen molar-refractivity contribution in [2.45, 2.75) is 57.8 Å². The van der Waals surface area contributed by atoms with Gasteiger partial charge in [0.15, 0.2) is 0 Å². The third-order valence-electron chi connectivity index (χ3n) is 7.26. The summed E-state index contributed by atoms with van der Waals surface area (Å²) in [6, 6.07) is 20.4. The number of hydrogen-bond donors (Lipinski definition) is 1. The molecule has 1 aliphatic rings. The molecule has 224 valence electrons. The van der Waals surface area contributed by atoms with Crippen LogP contribution in [0, 0.1) is 0 Å². The number of carbonyl (C=O) groups excluding carboxylic acids is 2. The molecule has 0 spiro atoms. The fourth-order valence-corrected chi connectivity index (χ4v) is 6.04. The van der Waals surface area contributed by atoms with Gasteiger partial charge in [0.05, 0.1) is 22.0 Å². The number of anilines is 1. The summed E-state index contributed by atoms with van der Waals surface area (Å²) in [5.41, 5.74) is 1.96. The number of halogens is 2. The maximum Gasteiger partial charge on any atom is 0.244 e. The molecule has 1 aliphatic carbocycles. The Balaban J connectivity index is 1.53. The summed E-state index contributed by atoms with van der Waals surface area (Å²) in [5, 5.41) is 3.72. The number of rotatable bonds is 12. The average molecular weight is 633 g/mol. The summed E-state index contributed by atoms with van der Waals surface area (Å²) in [5.74, 6) is -0.271. The Morgan fingerprint density at radius 1 is 0.952 bits per heavy atom. The van der Waals surface area contributed by atoms with Gasteiger partial charge in [-0.15, -0.1) is 0 Å². The number of sulfonamides is 1. The molecule has 0 saturated heterocycles. The van der Waals surface area contributed by atoms with Gasteiger partial charge in [-0.2, -0.15) is 0 Å². The van der Waals surface area contributed by atoms with Gasteiger partial charge in [-0.3, -0.25) is 13.9 Å². The molecule has 2 amide bonds. The number of nitrogens with one attached hydrogen (secondary N) is 1. The van der Waals surface area contributed by atoms with Crippen LogP contribution in [-0.4, -0.2) is 50.0 Å². The van der Waals surface area contributed by atoms with Gasteiger partial charge in [0.2, 0.25) is 21.8 Å². The lowest BCUT2D eigenvalue weighted by atomic mass is 10.1. The second-order valence-corrected chi connectivity index (χ2v) is 13.2. The zero-order chi connectivity index (χ0) is 30.3. The van der Waals surface area contributed by atoms with Crippen molar-refractivity contribution in [3.63, 3.8) is 0 Å². The van der Waals surface area contributed by atoms with Crippen LogP contribution in [0.3, 0.4) is 0 Å². The molecule has 8 nitrogen and oxygen atoms in total. The molecule has 0 aromatic heterocycles. The van der Waals surface area contributed by atoms with E-state index in [1.165, 1.54) is 4.90 Å². The van der Waals surface area contributed by atoms with Crippen molar-refractivity contribution in [1.29, 1.82) is 0 Å². The van der Waals surface area contributed by atoms with E-state index in [0.717, 1.165) is 41.8 Å². The Hall–Kier alpha value is -3.27. The molecule has 0 heterocycles. The molecule has 1 saturated carbocycles. The van der Waals surface area contributed by atoms with Gasteiger partial charge in [-0.1, -0.05) is 72.4 Å². The van der Waals surface area contributed by atoms with Crippen molar-refractivity contribution < 1.29 is 22.7 Å². The Kier molecular flexibility index (Phi) is 10.8. The maximum absolute atomic E-state index is 13.8. The molecule has 0 bridgehead atoms. The Morgan fingerprint density at radius 3 is 2.24 bits per heavy atom. The van der Waals surface area contributed by atoms with Crippen LogP contribution in [0.4, 0.5) is 5.69 Å². The monoisotopic (exact) mass is 631 g/mol. The van der Waals surface area contributed by atoms with Crippen molar-refractivity contribution in [2.24, 2.45) is 0 Å².